The first-order valence-electron chi connectivity index (χ1n) is 8.12. The van der Waals surface area contributed by atoms with Gasteiger partial charge in [-0.2, -0.15) is 0 Å². The molecule has 0 radical (unpaired) electrons. The fourth-order valence-electron chi connectivity index (χ4n) is 2.56. The highest BCUT2D eigenvalue weighted by Crippen LogP contribution is 2.31. The minimum absolute atomic E-state index is 0.772. The molecule has 0 saturated carbocycles. The van der Waals surface area contributed by atoms with Crippen molar-refractivity contribution in [2.75, 3.05) is 0 Å². The van der Waals surface area contributed by atoms with E-state index in [4.69, 9.17) is 0 Å². The average Bonchev–Trinajstić information content (AvgIpc) is 2.35. The molecule has 0 fully saturated rings. The SMILES string of the molecule is CCCCC(=C(C)CCC(C)C)C(C)C(C)CC. The fraction of sp³-hybridized carbons (Fsp3) is 0.889. The van der Waals surface area contributed by atoms with Crippen LogP contribution in [0.25, 0.3) is 0 Å². The van der Waals surface area contributed by atoms with Gasteiger partial charge in [0, 0.05) is 0 Å². The quantitative estimate of drug-likeness (QED) is 0.405. The maximum Gasteiger partial charge on any atom is -0.0203 e. The van der Waals surface area contributed by atoms with E-state index in [-0.39, 0.29) is 0 Å². The number of rotatable bonds is 9. The van der Waals surface area contributed by atoms with E-state index in [2.05, 4.69) is 48.5 Å². The van der Waals surface area contributed by atoms with E-state index in [1.54, 1.807) is 11.1 Å². The van der Waals surface area contributed by atoms with Crippen molar-refractivity contribution in [1.82, 2.24) is 0 Å². The van der Waals surface area contributed by atoms with E-state index in [0.29, 0.717) is 0 Å². The Morgan fingerprint density at radius 2 is 1.56 bits per heavy atom. The Morgan fingerprint density at radius 3 is 2.00 bits per heavy atom. The molecule has 0 amide bonds. The van der Waals surface area contributed by atoms with Crippen LogP contribution in [0.3, 0.4) is 0 Å². The van der Waals surface area contributed by atoms with Gasteiger partial charge in [-0.25, -0.2) is 0 Å². The van der Waals surface area contributed by atoms with E-state index in [0.717, 1.165) is 17.8 Å². The summed E-state index contributed by atoms with van der Waals surface area (Å²) in [5.41, 5.74) is 3.46. The van der Waals surface area contributed by atoms with E-state index in [1.165, 1.54) is 38.5 Å². The molecule has 0 heterocycles. The molecule has 0 rings (SSSR count). The lowest BCUT2D eigenvalue weighted by molar-refractivity contribution is 0.409. The van der Waals surface area contributed by atoms with E-state index < -0.39 is 0 Å². The van der Waals surface area contributed by atoms with Crippen molar-refractivity contribution >= 4 is 0 Å². The van der Waals surface area contributed by atoms with Crippen LogP contribution in [0.4, 0.5) is 0 Å². The predicted molar refractivity (Wildman–Crippen MR) is 84.9 cm³/mol. The van der Waals surface area contributed by atoms with Crippen LogP contribution in [-0.4, -0.2) is 0 Å². The zero-order valence-corrected chi connectivity index (χ0v) is 14.0. The average molecular weight is 252 g/mol. The first-order chi connectivity index (χ1) is 8.43. The van der Waals surface area contributed by atoms with Gasteiger partial charge in [-0.1, -0.05) is 65.5 Å². The summed E-state index contributed by atoms with van der Waals surface area (Å²) in [6.45, 7) is 16.5. The molecule has 18 heavy (non-hydrogen) atoms. The number of hydrogen-bond acceptors (Lipinski definition) is 0. The van der Waals surface area contributed by atoms with E-state index in [9.17, 15) is 0 Å². The molecule has 0 aromatic rings. The lowest BCUT2D eigenvalue weighted by Crippen LogP contribution is -2.12. The molecule has 0 saturated heterocycles. The molecule has 0 N–H and O–H groups in total. The summed E-state index contributed by atoms with van der Waals surface area (Å²) in [6, 6.07) is 0. The lowest BCUT2D eigenvalue weighted by Gasteiger charge is -2.25. The van der Waals surface area contributed by atoms with Gasteiger partial charge in [-0.3, -0.25) is 0 Å². The summed E-state index contributed by atoms with van der Waals surface area (Å²) in [6.07, 6.45) is 7.94. The standard InChI is InChI=1S/C18H36/c1-8-10-11-18(17(7)15(5)9-2)16(6)13-12-14(3)4/h14-15,17H,8-13H2,1-7H3. The van der Waals surface area contributed by atoms with Crippen LogP contribution in [0.5, 0.6) is 0 Å². The summed E-state index contributed by atoms with van der Waals surface area (Å²) >= 11 is 0. The van der Waals surface area contributed by atoms with E-state index >= 15 is 0 Å². The van der Waals surface area contributed by atoms with E-state index in [1.807, 2.05) is 0 Å². The molecule has 0 aliphatic carbocycles. The molecule has 0 bridgehead atoms. The predicted octanol–water partition coefficient (Wildman–Crippen LogP) is 6.61. The second-order valence-corrected chi connectivity index (χ2v) is 6.52. The van der Waals surface area contributed by atoms with Crippen LogP contribution < -0.4 is 0 Å². The van der Waals surface area contributed by atoms with Gasteiger partial charge < -0.3 is 0 Å². The summed E-state index contributed by atoms with van der Waals surface area (Å²) < 4.78 is 0. The van der Waals surface area contributed by atoms with Crippen molar-refractivity contribution in [3.63, 3.8) is 0 Å². The van der Waals surface area contributed by atoms with Crippen LogP contribution in [0.15, 0.2) is 11.1 Å². The molecule has 0 heteroatoms. The van der Waals surface area contributed by atoms with Gasteiger partial charge in [0.05, 0.1) is 0 Å². The molecule has 0 nitrogen and oxygen atoms in total. The maximum atomic E-state index is 2.44. The number of hydrogen-bond donors (Lipinski definition) is 0. The van der Waals surface area contributed by atoms with Crippen LogP contribution in [0.2, 0.25) is 0 Å². The summed E-state index contributed by atoms with van der Waals surface area (Å²) in [5, 5.41) is 0. The molecule has 0 spiro atoms. The Balaban J connectivity index is 4.76. The summed E-state index contributed by atoms with van der Waals surface area (Å²) in [7, 11) is 0. The molecule has 2 unspecified atom stereocenters. The van der Waals surface area contributed by atoms with Crippen molar-refractivity contribution in [1.29, 1.82) is 0 Å². The minimum atomic E-state index is 0.772. The van der Waals surface area contributed by atoms with Gasteiger partial charge in [-0.05, 0) is 50.4 Å². The zero-order valence-electron chi connectivity index (χ0n) is 14.0. The van der Waals surface area contributed by atoms with Gasteiger partial charge in [0.15, 0.2) is 0 Å². The second kappa shape index (κ2) is 9.64. The van der Waals surface area contributed by atoms with Crippen molar-refractivity contribution < 1.29 is 0 Å². The fourth-order valence-corrected chi connectivity index (χ4v) is 2.56. The summed E-state index contributed by atoms with van der Waals surface area (Å²) in [5.74, 6) is 2.42. The lowest BCUT2D eigenvalue weighted by atomic mass is 9.81. The third kappa shape index (κ3) is 6.61. The number of unbranched alkanes of at least 4 members (excludes halogenated alkanes) is 1. The Morgan fingerprint density at radius 1 is 0.944 bits per heavy atom. The van der Waals surface area contributed by atoms with Gasteiger partial charge in [0.2, 0.25) is 0 Å². The Hall–Kier alpha value is -0.260. The molecule has 2 atom stereocenters. The highest BCUT2D eigenvalue weighted by molar-refractivity contribution is 5.15. The Bertz CT molecular complexity index is 234. The minimum Gasteiger partial charge on any atom is -0.0738 e. The molecule has 0 aliphatic heterocycles. The zero-order chi connectivity index (χ0) is 14.1. The van der Waals surface area contributed by atoms with Gasteiger partial charge >= 0.3 is 0 Å². The van der Waals surface area contributed by atoms with Gasteiger partial charge in [-0.15, -0.1) is 0 Å². The number of allylic oxidation sites excluding steroid dienone is 2. The molecule has 0 aromatic heterocycles. The first kappa shape index (κ1) is 17.7. The van der Waals surface area contributed by atoms with Crippen LogP contribution in [-0.2, 0) is 0 Å². The van der Waals surface area contributed by atoms with Crippen LogP contribution in [0.1, 0.15) is 87.0 Å². The third-order valence-electron chi connectivity index (χ3n) is 4.49. The first-order valence-corrected chi connectivity index (χ1v) is 8.12. The van der Waals surface area contributed by atoms with Crippen molar-refractivity contribution in [2.45, 2.75) is 87.0 Å². The molecule has 0 aromatic carbocycles. The second-order valence-electron chi connectivity index (χ2n) is 6.52. The Kier molecular flexibility index (Phi) is 9.50. The molecular formula is C18H36. The smallest absolute Gasteiger partial charge is 0.0203 e. The highest BCUT2D eigenvalue weighted by atomic mass is 14.2. The normalized spacial score (nSPS) is 16.7. The molecular weight excluding hydrogens is 216 g/mol. The summed E-state index contributed by atoms with van der Waals surface area (Å²) in [4.78, 5) is 0. The van der Waals surface area contributed by atoms with Gasteiger partial charge in [0.25, 0.3) is 0 Å². The maximum absolute atomic E-state index is 2.44. The van der Waals surface area contributed by atoms with Crippen molar-refractivity contribution in [2.24, 2.45) is 17.8 Å². The Labute approximate surface area is 116 Å². The van der Waals surface area contributed by atoms with Gasteiger partial charge in [0.1, 0.15) is 0 Å². The third-order valence-corrected chi connectivity index (χ3v) is 4.49. The monoisotopic (exact) mass is 252 g/mol. The van der Waals surface area contributed by atoms with Crippen molar-refractivity contribution in [3.8, 4) is 0 Å². The topological polar surface area (TPSA) is 0 Å². The van der Waals surface area contributed by atoms with Crippen molar-refractivity contribution in [3.05, 3.63) is 11.1 Å². The van der Waals surface area contributed by atoms with Crippen LogP contribution in [0, 0.1) is 17.8 Å². The van der Waals surface area contributed by atoms with Crippen LogP contribution >= 0.6 is 0 Å². The molecule has 108 valence electrons. The highest BCUT2D eigenvalue weighted by Gasteiger charge is 2.17. The largest absolute Gasteiger partial charge is 0.0738 e. The molecule has 0 aliphatic rings.